The Morgan fingerprint density at radius 2 is 2.04 bits per heavy atom. The maximum Gasteiger partial charge on any atom is 0.310 e. The van der Waals surface area contributed by atoms with E-state index in [2.05, 4.69) is 19.1 Å². The first-order chi connectivity index (χ1) is 12.5. The average Bonchev–Trinajstić information content (AvgIpc) is 3.34. The number of carbonyl (C=O) groups is 2. The number of carbonyl (C=O) groups excluding carboxylic acids is 2. The van der Waals surface area contributed by atoms with Crippen LogP contribution in [0.2, 0.25) is 0 Å². The van der Waals surface area contributed by atoms with Gasteiger partial charge in [0.25, 0.3) is 0 Å². The molecule has 4 aliphatic rings. The van der Waals surface area contributed by atoms with Crippen LogP contribution in [0.5, 0.6) is 0 Å². The molecule has 3 fully saturated rings. The van der Waals surface area contributed by atoms with E-state index in [0.29, 0.717) is 23.7 Å². The molecule has 0 radical (unpaired) electrons. The number of allylic oxidation sites excluding steroid dienone is 2. The first-order valence-electron chi connectivity index (χ1n) is 10.5. The highest BCUT2D eigenvalue weighted by Crippen LogP contribution is 2.54. The van der Waals surface area contributed by atoms with Gasteiger partial charge in [0.05, 0.1) is 6.42 Å². The summed E-state index contributed by atoms with van der Waals surface area (Å²) >= 11 is 0. The molecule has 26 heavy (non-hydrogen) atoms. The third-order valence-electron chi connectivity index (χ3n) is 7.54. The van der Waals surface area contributed by atoms with Crippen molar-refractivity contribution in [1.82, 2.24) is 0 Å². The maximum atomic E-state index is 12.7. The van der Waals surface area contributed by atoms with Crippen LogP contribution in [0.15, 0.2) is 12.2 Å². The Morgan fingerprint density at radius 1 is 1.19 bits per heavy atom. The molecule has 0 aromatic heterocycles. The van der Waals surface area contributed by atoms with Crippen molar-refractivity contribution >= 4 is 11.9 Å². The van der Waals surface area contributed by atoms with Gasteiger partial charge in [-0.15, -0.1) is 0 Å². The second-order valence-electron chi connectivity index (χ2n) is 9.18. The van der Waals surface area contributed by atoms with E-state index in [1.54, 1.807) is 0 Å². The topological polar surface area (TPSA) is 52.6 Å². The number of hydrogen-bond acceptors (Lipinski definition) is 4. The Bertz CT molecular complexity index is 597. The van der Waals surface area contributed by atoms with Crippen LogP contribution in [0.25, 0.3) is 0 Å². The minimum Gasteiger partial charge on any atom is -0.462 e. The molecule has 4 aliphatic carbocycles. The van der Waals surface area contributed by atoms with Gasteiger partial charge in [-0.2, -0.15) is 0 Å². The fourth-order valence-electron chi connectivity index (χ4n) is 6.39. The highest BCUT2D eigenvalue weighted by atomic mass is 16.6. The molecule has 0 aromatic rings. The molecule has 7 atom stereocenters. The zero-order valence-electron chi connectivity index (χ0n) is 16.1. The number of hydrogen-bond donors (Lipinski definition) is 0. The fourth-order valence-corrected chi connectivity index (χ4v) is 6.39. The standard InChI is InChI=1S/C22H32O4/c1-3-22(13-16-5-7-19(22)10-16)26-21(24)12-20(25-14(2)23)11-18-9-15-4-6-17(18)8-15/h4,6,15-20H,3,5,7-13H2,1-2H3. The monoisotopic (exact) mass is 360 g/mol. The molecule has 0 aromatic carbocycles. The van der Waals surface area contributed by atoms with E-state index in [0.717, 1.165) is 31.6 Å². The largest absolute Gasteiger partial charge is 0.462 e. The van der Waals surface area contributed by atoms with Crippen LogP contribution in [0.4, 0.5) is 0 Å². The Morgan fingerprint density at radius 3 is 2.58 bits per heavy atom. The van der Waals surface area contributed by atoms with Crippen LogP contribution in [0.1, 0.15) is 71.6 Å². The van der Waals surface area contributed by atoms with Crippen LogP contribution >= 0.6 is 0 Å². The molecule has 0 amide bonds. The second-order valence-corrected chi connectivity index (χ2v) is 9.18. The van der Waals surface area contributed by atoms with Gasteiger partial charge in [-0.25, -0.2) is 0 Å². The van der Waals surface area contributed by atoms with Gasteiger partial charge in [-0.3, -0.25) is 9.59 Å². The third kappa shape index (κ3) is 3.44. The maximum absolute atomic E-state index is 12.7. The van der Waals surface area contributed by atoms with Crippen molar-refractivity contribution in [3.8, 4) is 0 Å². The van der Waals surface area contributed by atoms with Crippen molar-refractivity contribution in [3.63, 3.8) is 0 Å². The zero-order valence-corrected chi connectivity index (χ0v) is 16.1. The van der Waals surface area contributed by atoms with Crippen LogP contribution in [-0.4, -0.2) is 23.6 Å². The predicted molar refractivity (Wildman–Crippen MR) is 98.2 cm³/mol. The van der Waals surface area contributed by atoms with Gasteiger partial charge < -0.3 is 9.47 Å². The lowest BCUT2D eigenvalue weighted by Crippen LogP contribution is -2.40. The van der Waals surface area contributed by atoms with E-state index in [1.807, 2.05) is 0 Å². The summed E-state index contributed by atoms with van der Waals surface area (Å²) in [5.41, 5.74) is -0.254. The summed E-state index contributed by atoms with van der Waals surface area (Å²) in [6, 6.07) is 0. The van der Waals surface area contributed by atoms with Crippen molar-refractivity contribution in [3.05, 3.63) is 12.2 Å². The SMILES string of the molecule is CCC1(OC(=O)CC(CC2CC3C=CC2C3)OC(C)=O)CC2CCC1C2. The molecular weight excluding hydrogens is 328 g/mol. The first-order valence-corrected chi connectivity index (χ1v) is 10.5. The number of rotatable bonds is 7. The summed E-state index contributed by atoms with van der Waals surface area (Å²) in [6.07, 6.45) is 13.3. The quantitative estimate of drug-likeness (QED) is 0.498. The Hall–Kier alpha value is -1.32. The zero-order chi connectivity index (χ0) is 18.3. The summed E-state index contributed by atoms with van der Waals surface area (Å²) in [5, 5.41) is 0. The molecule has 4 nitrogen and oxygen atoms in total. The van der Waals surface area contributed by atoms with Crippen LogP contribution in [-0.2, 0) is 19.1 Å². The predicted octanol–water partition coefficient (Wildman–Crippen LogP) is 4.42. The van der Waals surface area contributed by atoms with E-state index in [1.165, 1.54) is 32.6 Å². The van der Waals surface area contributed by atoms with E-state index in [-0.39, 0.29) is 30.1 Å². The first kappa shape index (κ1) is 18.1. The lowest BCUT2D eigenvalue weighted by Gasteiger charge is -2.37. The van der Waals surface area contributed by atoms with Gasteiger partial charge >= 0.3 is 11.9 Å². The lowest BCUT2D eigenvalue weighted by molar-refractivity contribution is -0.171. The molecule has 4 rings (SSSR count). The minimum atomic E-state index is -0.342. The Kier molecular flexibility index (Phi) is 4.87. The molecule has 0 spiro atoms. The molecule has 0 aliphatic heterocycles. The molecule has 0 saturated heterocycles. The molecule has 4 bridgehead atoms. The lowest BCUT2D eigenvalue weighted by atomic mass is 9.82. The third-order valence-corrected chi connectivity index (χ3v) is 7.54. The molecule has 4 heteroatoms. The van der Waals surface area contributed by atoms with Crippen LogP contribution < -0.4 is 0 Å². The summed E-state index contributed by atoms with van der Waals surface area (Å²) in [6.45, 7) is 3.57. The number of esters is 2. The summed E-state index contributed by atoms with van der Waals surface area (Å²) in [5.74, 6) is 2.61. The molecule has 0 N–H and O–H groups in total. The van der Waals surface area contributed by atoms with Gasteiger partial charge in [-0.05, 0) is 81.0 Å². The summed E-state index contributed by atoms with van der Waals surface area (Å²) in [7, 11) is 0. The molecule has 0 heterocycles. The highest BCUT2D eigenvalue weighted by Gasteiger charge is 2.52. The fraction of sp³-hybridized carbons (Fsp3) is 0.818. The highest BCUT2D eigenvalue weighted by molar-refractivity contribution is 5.72. The van der Waals surface area contributed by atoms with Gasteiger partial charge in [0.2, 0.25) is 0 Å². The van der Waals surface area contributed by atoms with E-state index in [4.69, 9.17) is 9.47 Å². The van der Waals surface area contributed by atoms with Crippen LogP contribution in [0, 0.1) is 29.6 Å². The number of ether oxygens (including phenoxy) is 2. The summed E-state index contributed by atoms with van der Waals surface area (Å²) in [4.78, 5) is 24.3. The van der Waals surface area contributed by atoms with Crippen molar-refractivity contribution in [2.45, 2.75) is 83.3 Å². The van der Waals surface area contributed by atoms with E-state index >= 15 is 0 Å². The molecular formula is C22H32O4. The minimum absolute atomic E-state index is 0.177. The normalized spacial score (nSPS) is 40.8. The second kappa shape index (κ2) is 7.01. The molecule has 7 unspecified atom stereocenters. The van der Waals surface area contributed by atoms with Crippen molar-refractivity contribution in [2.75, 3.05) is 0 Å². The van der Waals surface area contributed by atoms with E-state index in [9.17, 15) is 9.59 Å². The van der Waals surface area contributed by atoms with Gasteiger partial charge in [0, 0.05) is 6.92 Å². The van der Waals surface area contributed by atoms with Gasteiger partial charge in [0.1, 0.15) is 11.7 Å². The summed E-state index contributed by atoms with van der Waals surface area (Å²) < 4.78 is 11.6. The molecule has 144 valence electrons. The van der Waals surface area contributed by atoms with Gasteiger partial charge in [-0.1, -0.05) is 19.1 Å². The van der Waals surface area contributed by atoms with Crippen molar-refractivity contribution in [1.29, 1.82) is 0 Å². The molecule has 3 saturated carbocycles. The van der Waals surface area contributed by atoms with E-state index < -0.39 is 0 Å². The van der Waals surface area contributed by atoms with Gasteiger partial charge in [0.15, 0.2) is 0 Å². The van der Waals surface area contributed by atoms with Crippen LogP contribution in [0.3, 0.4) is 0 Å². The van der Waals surface area contributed by atoms with Crippen molar-refractivity contribution < 1.29 is 19.1 Å². The smallest absolute Gasteiger partial charge is 0.310 e. The Balaban J connectivity index is 1.36. The van der Waals surface area contributed by atoms with Crippen molar-refractivity contribution in [2.24, 2.45) is 29.6 Å². The Labute approximate surface area is 156 Å². The average molecular weight is 360 g/mol. The number of fused-ring (bicyclic) bond motifs is 4.